The molecule has 2 rings (SSSR count). The van der Waals surface area contributed by atoms with Crippen LogP contribution in [-0.4, -0.2) is 39.8 Å². The van der Waals surface area contributed by atoms with Crippen molar-refractivity contribution in [3.8, 4) is 28.7 Å². The zero-order chi connectivity index (χ0) is 20.5. The number of esters is 1. The third-order valence-electron chi connectivity index (χ3n) is 3.66. The number of ether oxygens (including phenoxy) is 5. The lowest BCUT2D eigenvalue weighted by molar-refractivity contribution is -0.145. The first-order valence-corrected chi connectivity index (χ1v) is 8.54. The minimum Gasteiger partial charge on any atom is -0.497 e. The molecule has 0 heterocycles. The maximum Gasteiger partial charge on any atom is 0.315 e. The van der Waals surface area contributed by atoms with Crippen LogP contribution in [0, 0.1) is 0 Å². The van der Waals surface area contributed by atoms with E-state index >= 15 is 0 Å². The Hall–Kier alpha value is -3.42. The van der Waals surface area contributed by atoms with Gasteiger partial charge in [-0.15, -0.1) is 0 Å². The predicted octanol–water partition coefficient (Wildman–Crippen LogP) is 3.40. The summed E-state index contributed by atoms with van der Waals surface area (Å²) in [5.41, 5.74) is 0.361. The number of anilines is 1. The van der Waals surface area contributed by atoms with Crippen molar-refractivity contribution < 1.29 is 33.3 Å². The van der Waals surface area contributed by atoms with Gasteiger partial charge in [-0.05, 0) is 31.2 Å². The molecule has 0 saturated heterocycles. The average molecular weight is 389 g/mol. The summed E-state index contributed by atoms with van der Waals surface area (Å²) in [4.78, 5) is 23.6. The van der Waals surface area contributed by atoms with Crippen molar-refractivity contribution in [2.24, 2.45) is 0 Å². The lowest BCUT2D eigenvalue weighted by Gasteiger charge is -2.16. The molecule has 0 unspecified atom stereocenters. The molecule has 0 aromatic heterocycles. The fourth-order valence-electron chi connectivity index (χ4n) is 2.34. The monoisotopic (exact) mass is 389 g/mol. The van der Waals surface area contributed by atoms with Gasteiger partial charge in [0, 0.05) is 12.1 Å². The topological polar surface area (TPSA) is 92.3 Å². The molecule has 0 aliphatic carbocycles. The maximum atomic E-state index is 12.1. The van der Waals surface area contributed by atoms with E-state index in [-0.39, 0.29) is 6.61 Å². The van der Waals surface area contributed by atoms with E-state index in [0.717, 1.165) is 0 Å². The van der Waals surface area contributed by atoms with E-state index in [0.29, 0.717) is 34.4 Å². The standard InChI is InChI=1S/C20H23NO7/c1-5-27-20(23)12-19(22)21-15-8-6-13(24-2)10-17(15)28-18-11-14(25-3)7-9-16(18)26-4/h6-11H,5,12H2,1-4H3,(H,21,22). The molecule has 0 aliphatic heterocycles. The van der Waals surface area contributed by atoms with E-state index in [2.05, 4.69) is 5.32 Å². The quantitative estimate of drug-likeness (QED) is 0.519. The van der Waals surface area contributed by atoms with Gasteiger partial charge in [-0.3, -0.25) is 9.59 Å². The van der Waals surface area contributed by atoms with Crippen LogP contribution in [0.5, 0.6) is 28.7 Å². The molecule has 0 aliphatic rings. The minimum atomic E-state index is -0.606. The Bertz CT molecular complexity index is 835. The summed E-state index contributed by atoms with van der Waals surface area (Å²) in [6.07, 6.45) is -0.401. The predicted molar refractivity (Wildman–Crippen MR) is 102 cm³/mol. The van der Waals surface area contributed by atoms with E-state index in [1.165, 1.54) is 21.3 Å². The van der Waals surface area contributed by atoms with Crippen molar-refractivity contribution >= 4 is 17.6 Å². The number of amides is 1. The first kappa shape index (κ1) is 20.9. The molecule has 1 N–H and O–H groups in total. The molecule has 0 bridgehead atoms. The van der Waals surface area contributed by atoms with Crippen molar-refractivity contribution in [3.63, 3.8) is 0 Å². The molecule has 0 radical (unpaired) electrons. The van der Waals surface area contributed by atoms with Crippen LogP contribution in [0.3, 0.4) is 0 Å². The summed E-state index contributed by atoms with van der Waals surface area (Å²) in [6.45, 7) is 1.88. The highest BCUT2D eigenvalue weighted by molar-refractivity contribution is 6.02. The summed E-state index contributed by atoms with van der Waals surface area (Å²) in [5, 5.41) is 2.65. The number of methoxy groups -OCH3 is 3. The average Bonchev–Trinajstić information content (AvgIpc) is 2.69. The number of rotatable bonds is 9. The summed E-state index contributed by atoms with van der Waals surface area (Å²) < 4.78 is 26.5. The van der Waals surface area contributed by atoms with Crippen LogP contribution in [0.25, 0.3) is 0 Å². The van der Waals surface area contributed by atoms with E-state index in [1.807, 2.05) is 0 Å². The summed E-state index contributed by atoms with van der Waals surface area (Å²) in [5.74, 6) is 1.15. The third-order valence-corrected chi connectivity index (χ3v) is 3.66. The van der Waals surface area contributed by atoms with Crippen LogP contribution in [0.2, 0.25) is 0 Å². The van der Waals surface area contributed by atoms with Crippen LogP contribution in [0.4, 0.5) is 5.69 Å². The normalized spacial score (nSPS) is 10.0. The van der Waals surface area contributed by atoms with Gasteiger partial charge in [0.15, 0.2) is 17.2 Å². The first-order chi connectivity index (χ1) is 13.5. The molecule has 150 valence electrons. The highest BCUT2D eigenvalue weighted by Gasteiger charge is 2.16. The van der Waals surface area contributed by atoms with Gasteiger partial charge in [0.25, 0.3) is 0 Å². The first-order valence-electron chi connectivity index (χ1n) is 8.54. The Balaban J connectivity index is 2.30. The summed E-state index contributed by atoms with van der Waals surface area (Å²) in [7, 11) is 4.57. The summed E-state index contributed by atoms with van der Waals surface area (Å²) >= 11 is 0. The van der Waals surface area contributed by atoms with Crippen molar-refractivity contribution in [3.05, 3.63) is 36.4 Å². The molecule has 1 amide bonds. The number of nitrogens with one attached hydrogen (secondary N) is 1. The van der Waals surface area contributed by atoms with Gasteiger partial charge in [0.05, 0.1) is 33.6 Å². The molecule has 0 atom stereocenters. The second kappa shape index (κ2) is 10.1. The van der Waals surface area contributed by atoms with E-state index in [1.54, 1.807) is 43.3 Å². The van der Waals surface area contributed by atoms with E-state index in [4.69, 9.17) is 23.7 Å². The van der Waals surface area contributed by atoms with Crippen LogP contribution >= 0.6 is 0 Å². The van der Waals surface area contributed by atoms with Gasteiger partial charge in [0.2, 0.25) is 5.91 Å². The molecule has 2 aromatic carbocycles. The molecule has 8 heteroatoms. The highest BCUT2D eigenvalue weighted by atomic mass is 16.5. The molecule has 0 fully saturated rings. The molecule has 28 heavy (non-hydrogen) atoms. The lowest BCUT2D eigenvalue weighted by atomic mass is 10.2. The zero-order valence-corrected chi connectivity index (χ0v) is 16.2. The van der Waals surface area contributed by atoms with Gasteiger partial charge in [0.1, 0.15) is 17.9 Å². The van der Waals surface area contributed by atoms with Crippen molar-refractivity contribution in [2.45, 2.75) is 13.3 Å². The van der Waals surface area contributed by atoms with Gasteiger partial charge < -0.3 is 29.0 Å². The van der Waals surface area contributed by atoms with Crippen LogP contribution in [0.15, 0.2) is 36.4 Å². The fourth-order valence-corrected chi connectivity index (χ4v) is 2.34. The largest absolute Gasteiger partial charge is 0.497 e. The van der Waals surface area contributed by atoms with Crippen molar-refractivity contribution in [1.29, 1.82) is 0 Å². The second-order valence-electron chi connectivity index (χ2n) is 5.51. The third kappa shape index (κ3) is 5.54. The molecular weight excluding hydrogens is 366 g/mol. The number of carbonyl (C=O) groups excluding carboxylic acids is 2. The number of benzene rings is 2. The van der Waals surface area contributed by atoms with Crippen LogP contribution in [0.1, 0.15) is 13.3 Å². The summed E-state index contributed by atoms with van der Waals surface area (Å²) in [6, 6.07) is 9.98. The Morgan fingerprint density at radius 1 is 0.857 bits per heavy atom. The Morgan fingerprint density at radius 2 is 1.50 bits per heavy atom. The minimum absolute atomic E-state index is 0.207. The molecule has 2 aromatic rings. The van der Waals surface area contributed by atoms with Crippen LogP contribution in [-0.2, 0) is 14.3 Å². The van der Waals surface area contributed by atoms with Crippen molar-refractivity contribution in [1.82, 2.24) is 0 Å². The maximum absolute atomic E-state index is 12.1. The van der Waals surface area contributed by atoms with Crippen LogP contribution < -0.4 is 24.3 Å². The zero-order valence-electron chi connectivity index (χ0n) is 16.2. The number of hydrogen-bond donors (Lipinski definition) is 1. The molecule has 0 saturated carbocycles. The molecule has 8 nitrogen and oxygen atoms in total. The second-order valence-corrected chi connectivity index (χ2v) is 5.51. The fraction of sp³-hybridized carbons (Fsp3) is 0.300. The Kier molecular flexibility index (Phi) is 7.50. The highest BCUT2D eigenvalue weighted by Crippen LogP contribution is 2.39. The van der Waals surface area contributed by atoms with Gasteiger partial charge in [-0.1, -0.05) is 0 Å². The van der Waals surface area contributed by atoms with Gasteiger partial charge in [-0.25, -0.2) is 0 Å². The van der Waals surface area contributed by atoms with Gasteiger partial charge >= 0.3 is 5.97 Å². The molecule has 0 spiro atoms. The molecular formula is C20H23NO7. The smallest absolute Gasteiger partial charge is 0.315 e. The number of carbonyl (C=O) groups is 2. The van der Waals surface area contributed by atoms with E-state index in [9.17, 15) is 9.59 Å². The Morgan fingerprint density at radius 3 is 2.11 bits per heavy atom. The van der Waals surface area contributed by atoms with Crippen molar-refractivity contribution in [2.75, 3.05) is 33.3 Å². The van der Waals surface area contributed by atoms with Gasteiger partial charge in [-0.2, -0.15) is 0 Å². The SMILES string of the molecule is CCOC(=O)CC(=O)Nc1ccc(OC)cc1Oc1cc(OC)ccc1OC. The Labute approximate surface area is 163 Å². The lowest BCUT2D eigenvalue weighted by Crippen LogP contribution is -2.18. The van der Waals surface area contributed by atoms with E-state index < -0.39 is 18.3 Å². The number of hydrogen-bond acceptors (Lipinski definition) is 7.